The van der Waals surface area contributed by atoms with E-state index in [1.54, 1.807) is 6.08 Å². The summed E-state index contributed by atoms with van der Waals surface area (Å²) in [5.41, 5.74) is 0.756. The van der Waals surface area contributed by atoms with Gasteiger partial charge in [-0.3, -0.25) is 9.69 Å². The van der Waals surface area contributed by atoms with Gasteiger partial charge in [0.25, 0.3) is 0 Å². The predicted octanol–water partition coefficient (Wildman–Crippen LogP) is 2.07. The average molecular weight is 436 g/mol. The molecule has 0 unspecified atom stereocenters. The first kappa shape index (κ1) is 22.9. The van der Waals surface area contributed by atoms with Gasteiger partial charge in [0.05, 0.1) is 19.8 Å². The lowest BCUT2D eigenvalue weighted by Crippen LogP contribution is -2.60. The summed E-state index contributed by atoms with van der Waals surface area (Å²) in [6.45, 7) is 3.58. The zero-order valence-electron chi connectivity index (χ0n) is 17.8. The van der Waals surface area contributed by atoms with Crippen molar-refractivity contribution in [2.75, 3.05) is 46.4 Å². The maximum atomic E-state index is 12.6. The van der Waals surface area contributed by atoms with E-state index in [2.05, 4.69) is 10.2 Å². The monoisotopic (exact) mass is 435 g/mol. The van der Waals surface area contributed by atoms with Gasteiger partial charge in [0.15, 0.2) is 0 Å². The minimum absolute atomic E-state index is 0.0393. The van der Waals surface area contributed by atoms with Crippen LogP contribution in [0.1, 0.15) is 37.7 Å². The second-order valence-corrected chi connectivity index (χ2v) is 10.1. The summed E-state index contributed by atoms with van der Waals surface area (Å²) >= 11 is 0. The lowest BCUT2D eigenvalue weighted by Gasteiger charge is -2.48. The Labute approximate surface area is 180 Å². The summed E-state index contributed by atoms with van der Waals surface area (Å²) in [6, 6.07) is 9.22. The van der Waals surface area contributed by atoms with Crippen molar-refractivity contribution >= 4 is 22.0 Å². The van der Waals surface area contributed by atoms with E-state index in [0.29, 0.717) is 6.54 Å². The Morgan fingerprint density at radius 2 is 1.83 bits per heavy atom. The molecule has 1 aliphatic carbocycles. The molecule has 0 bridgehead atoms. The maximum absolute atomic E-state index is 12.6. The Kier molecular flexibility index (Phi) is 8.05. The topological polar surface area (TPSA) is 79.0 Å². The van der Waals surface area contributed by atoms with E-state index in [9.17, 15) is 13.2 Å². The lowest BCUT2D eigenvalue weighted by atomic mass is 9.79. The van der Waals surface area contributed by atoms with Gasteiger partial charge in [-0.1, -0.05) is 49.6 Å². The van der Waals surface area contributed by atoms with Gasteiger partial charge in [-0.05, 0) is 24.5 Å². The van der Waals surface area contributed by atoms with Gasteiger partial charge in [-0.25, -0.2) is 8.42 Å². The molecule has 1 aromatic rings. The number of likely N-dealkylation sites (N-methyl/N-ethyl adjacent to an activating group) is 1. The fraction of sp³-hybridized carbons (Fsp3) is 0.591. The number of nitrogens with one attached hydrogen (secondary N) is 1. The van der Waals surface area contributed by atoms with E-state index < -0.39 is 10.0 Å². The Hall–Kier alpha value is -1.74. The zero-order chi connectivity index (χ0) is 21.5. The molecule has 1 amide bonds. The summed E-state index contributed by atoms with van der Waals surface area (Å²) in [5, 5.41) is 4.16. The molecular formula is C22H33N3O4S. The molecule has 1 saturated carbocycles. The second kappa shape index (κ2) is 10.5. The number of carbonyl (C=O) groups excluding carboxylic acids is 1. The molecule has 0 atom stereocenters. The second-order valence-electron chi connectivity index (χ2n) is 8.18. The third kappa shape index (κ3) is 6.14. The van der Waals surface area contributed by atoms with E-state index in [4.69, 9.17) is 4.74 Å². The Bertz CT molecular complexity index is 814. The number of carbonyl (C=O) groups is 1. The fourth-order valence-electron chi connectivity index (χ4n) is 4.30. The first-order valence-corrected chi connectivity index (χ1v) is 12.2. The molecule has 1 aromatic carbocycles. The first-order chi connectivity index (χ1) is 14.4. The average Bonchev–Trinajstić information content (AvgIpc) is 2.78. The van der Waals surface area contributed by atoms with E-state index >= 15 is 0 Å². The molecular weight excluding hydrogens is 402 g/mol. The van der Waals surface area contributed by atoms with Crippen molar-refractivity contribution < 1.29 is 17.9 Å². The smallest absolute Gasteiger partial charge is 0.236 e. The van der Waals surface area contributed by atoms with Gasteiger partial charge in [0.1, 0.15) is 0 Å². The van der Waals surface area contributed by atoms with Crippen molar-refractivity contribution in [3.63, 3.8) is 0 Å². The highest BCUT2D eigenvalue weighted by Crippen LogP contribution is 2.33. The minimum atomic E-state index is -3.67. The van der Waals surface area contributed by atoms with E-state index in [-0.39, 0.29) is 18.0 Å². The number of hydrogen-bond donors (Lipinski definition) is 1. The fourth-order valence-corrected chi connectivity index (χ4v) is 5.13. The molecule has 1 saturated heterocycles. The minimum Gasteiger partial charge on any atom is -0.379 e. The summed E-state index contributed by atoms with van der Waals surface area (Å²) in [6.07, 6.45) is 7.20. The number of hydrogen-bond acceptors (Lipinski definition) is 5. The van der Waals surface area contributed by atoms with Crippen LogP contribution in [-0.4, -0.2) is 75.5 Å². The number of nitrogens with zero attached hydrogens (tertiary/aromatic N) is 2. The van der Waals surface area contributed by atoms with Crippen LogP contribution in [0, 0.1) is 0 Å². The van der Waals surface area contributed by atoms with E-state index in [1.807, 2.05) is 30.3 Å². The Morgan fingerprint density at radius 1 is 1.17 bits per heavy atom. The maximum Gasteiger partial charge on any atom is 0.236 e. The van der Waals surface area contributed by atoms with Crippen LogP contribution >= 0.6 is 0 Å². The summed E-state index contributed by atoms with van der Waals surface area (Å²) < 4.78 is 31.6. The number of benzene rings is 1. The van der Waals surface area contributed by atoms with Crippen molar-refractivity contribution in [3.05, 3.63) is 41.3 Å². The number of ether oxygens (including phenoxy) is 1. The van der Waals surface area contributed by atoms with E-state index in [1.165, 1.54) is 13.5 Å². The highest BCUT2D eigenvalue weighted by atomic mass is 32.2. The van der Waals surface area contributed by atoms with Crippen LogP contribution in [0.25, 0.3) is 6.08 Å². The summed E-state index contributed by atoms with van der Waals surface area (Å²) in [4.78, 5) is 15.0. The molecule has 1 aliphatic heterocycles. The largest absolute Gasteiger partial charge is 0.379 e. The van der Waals surface area contributed by atoms with E-state index in [0.717, 1.165) is 67.3 Å². The molecule has 0 aromatic heterocycles. The number of morpholine rings is 1. The van der Waals surface area contributed by atoms with Gasteiger partial charge in [-0.15, -0.1) is 0 Å². The van der Waals surface area contributed by atoms with Gasteiger partial charge in [0, 0.05) is 37.6 Å². The number of rotatable bonds is 8. The van der Waals surface area contributed by atoms with Gasteiger partial charge >= 0.3 is 0 Å². The van der Waals surface area contributed by atoms with Crippen LogP contribution in [0.2, 0.25) is 0 Å². The van der Waals surface area contributed by atoms with Crippen molar-refractivity contribution in [3.8, 4) is 0 Å². The van der Waals surface area contributed by atoms with Crippen molar-refractivity contribution in [1.29, 1.82) is 0 Å². The van der Waals surface area contributed by atoms with Gasteiger partial charge in [-0.2, -0.15) is 4.31 Å². The standard InChI is InChI=1S/C22H33N3O4S/c1-24(30(27,28)17-10-20-8-4-2-5-9-20)18-21(26)23-19-22(11-6-3-7-12-22)25-13-15-29-16-14-25/h2,4-5,8-10,17H,3,6-7,11-16,18-19H2,1H3,(H,23,26). The molecule has 1 heterocycles. The highest BCUT2D eigenvalue weighted by Gasteiger charge is 2.38. The molecule has 8 heteroatoms. The predicted molar refractivity (Wildman–Crippen MR) is 118 cm³/mol. The van der Waals surface area contributed by atoms with Crippen LogP contribution < -0.4 is 5.32 Å². The highest BCUT2D eigenvalue weighted by molar-refractivity contribution is 7.92. The molecule has 30 heavy (non-hydrogen) atoms. The van der Waals surface area contributed by atoms with Crippen molar-refractivity contribution in [2.45, 2.75) is 37.6 Å². The van der Waals surface area contributed by atoms with Crippen LogP contribution in [0.3, 0.4) is 0 Å². The van der Waals surface area contributed by atoms with Crippen molar-refractivity contribution in [2.24, 2.45) is 0 Å². The molecule has 0 radical (unpaired) electrons. The van der Waals surface area contributed by atoms with Crippen LogP contribution in [0.4, 0.5) is 0 Å². The van der Waals surface area contributed by atoms with Crippen LogP contribution in [0.15, 0.2) is 35.7 Å². The Morgan fingerprint density at radius 3 is 2.50 bits per heavy atom. The number of sulfonamides is 1. The van der Waals surface area contributed by atoms with Crippen LogP contribution in [-0.2, 0) is 19.6 Å². The third-order valence-electron chi connectivity index (χ3n) is 6.11. The molecule has 166 valence electrons. The third-order valence-corrected chi connectivity index (χ3v) is 7.59. The first-order valence-electron chi connectivity index (χ1n) is 10.7. The van der Waals surface area contributed by atoms with Gasteiger partial charge in [0.2, 0.25) is 15.9 Å². The lowest BCUT2D eigenvalue weighted by molar-refractivity contribution is -0.122. The molecule has 2 aliphatic rings. The summed E-state index contributed by atoms with van der Waals surface area (Å²) in [7, 11) is -2.23. The quantitative estimate of drug-likeness (QED) is 0.676. The Balaban J connectivity index is 1.56. The van der Waals surface area contributed by atoms with Gasteiger partial charge < -0.3 is 10.1 Å². The zero-order valence-corrected chi connectivity index (χ0v) is 18.6. The van der Waals surface area contributed by atoms with Crippen molar-refractivity contribution in [1.82, 2.24) is 14.5 Å². The molecule has 7 nitrogen and oxygen atoms in total. The SMILES string of the molecule is CN(CC(=O)NCC1(N2CCOCC2)CCCCC1)S(=O)(=O)C=Cc1ccccc1. The molecule has 0 spiro atoms. The normalized spacial score (nSPS) is 20.5. The molecule has 2 fully saturated rings. The molecule has 1 N–H and O–H groups in total. The van der Waals surface area contributed by atoms with Crippen LogP contribution in [0.5, 0.6) is 0 Å². The summed E-state index contributed by atoms with van der Waals surface area (Å²) in [5.74, 6) is -0.271. The number of amides is 1. The molecule has 3 rings (SSSR count).